The molecule has 0 radical (unpaired) electrons. The summed E-state index contributed by atoms with van der Waals surface area (Å²) in [5, 5.41) is 3.30. The highest BCUT2D eigenvalue weighted by molar-refractivity contribution is 5.45. The lowest BCUT2D eigenvalue weighted by Crippen LogP contribution is -2.10. The summed E-state index contributed by atoms with van der Waals surface area (Å²) in [6, 6.07) is 8.67. The quantitative estimate of drug-likeness (QED) is 0.672. The van der Waals surface area contributed by atoms with Gasteiger partial charge >= 0.3 is 0 Å². The Kier molecular flexibility index (Phi) is 2.92. The van der Waals surface area contributed by atoms with E-state index in [1.807, 2.05) is 6.08 Å². The molecule has 0 fully saturated rings. The minimum atomic E-state index is 0.327. The molecule has 12 heavy (non-hydrogen) atoms. The van der Waals surface area contributed by atoms with Gasteiger partial charge in [-0.15, -0.1) is 6.58 Å². The van der Waals surface area contributed by atoms with Crippen LogP contribution in [-0.4, -0.2) is 6.04 Å². The van der Waals surface area contributed by atoms with E-state index in [9.17, 15) is 0 Å². The molecule has 1 rings (SSSR count). The van der Waals surface area contributed by atoms with Crippen molar-refractivity contribution in [3.05, 3.63) is 42.5 Å². The third-order valence-electron chi connectivity index (χ3n) is 1.80. The number of hydrogen-bond acceptors (Lipinski definition) is 1. The first-order chi connectivity index (χ1) is 5.72. The van der Waals surface area contributed by atoms with E-state index in [4.69, 9.17) is 0 Å². The largest absolute Gasteiger partial charge is 0.379 e. The standard InChI is InChI=1S/C11H15N/c1-4-10(3)12-11-7-5-9(2)6-8-11/h4-8,10,12H,1H2,2-3H3. The van der Waals surface area contributed by atoms with E-state index in [1.165, 1.54) is 5.56 Å². The lowest BCUT2D eigenvalue weighted by molar-refractivity contribution is 1.00. The molecule has 0 saturated heterocycles. The van der Waals surface area contributed by atoms with Crippen LogP contribution < -0.4 is 5.32 Å². The Labute approximate surface area is 74.1 Å². The minimum absolute atomic E-state index is 0.327. The van der Waals surface area contributed by atoms with Crippen LogP contribution in [0.4, 0.5) is 5.69 Å². The summed E-state index contributed by atoms with van der Waals surface area (Å²) in [4.78, 5) is 0. The average molecular weight is 161 g/mol. The fourth-order valence-electron chi connectivity index (χ4n) is 0.972. The summed E-state index contributed by atoms with van der Waals surface area (Å²) in [6.45, 7) is 7.87. The van der Waals surface area contributed by atoms with Gasteiger partial charge in [0.25, 0.3) is 0 Å². The summed E-state index contributed by atoms with van der Waals surface area (Å²) in [5.41, 5.74) is 2.43. The smallest absolute Gasteiger partial charge is 0.0413 e. The minimum Gasteiger partial charge on any atom is -0.379 e. The topological polar surface area (TPSA) is 12.0 Å². The summed E-state index contributed by atoms with van der Waals surface area (Å²) in [7, 11) is 0. The molecule has 1 aromatic carbocycles. The van der Waals surface area contributed by atoms with Gasteiger partial charge in [-0.2, -0.15) is 0 Å². The maximum absolute atomic E-state index is 3.71. The zero-order valence-electron chi connectivity index (χ0n) is 7.67. The Balaban J connectivity index is 2.64. The molecule has 0 amide bonds. The third kappa shape index (κ3) is 2.42. The Morgan fingerprint density at radius 3 is 2.42 bits per heavy atom. The number of hydrogen-bond donors (Lipinski definition) is 1. The lowest BCUT2D eigenvalue weighted by Gasteiger charge is -2.10. The van der Waals surface area contributed by atoms with Gasteiger partial charge in [-0.3, -0.25) is 0 Å². The molecular formula is C11H15N. The van der Waals surface area contributed by atoms with Crippen molar-refractivity contribution in [2.45, 2.75) is 19.9 Å². The number of rotatable bonds is 3. The van der Waals surface area contributed by atoms with E-state index in [0.29, 0.717) is 6.04 Å². The van der Waals surface area contributed by atoms with Crippen molar-refractivity contribution in [1.82, 2.24) is 0 Å². The van der Waals surface area contributed by atoms with Gasteiger partial charge in [0.1, 0.15) is 0 Å². The third-order valence-corrected chi connectivity index (χ3v) is 1.80. The van der Waals surface area contributed by atoms with Crippen LogP contribution in [0.5, 0.6) is 0 Å². The maximum Gasteiger partial charge on any atom is 0.0413 e. The molecule has 0 aliphatic rings. The molecule has 0 aliphatic carbocycles. The van der Waals surface area contributed by atoms with Crippen LogP contribution in [0.15, 0.2) is 36.9 Å². The van der Waals surface area contributed by atoms with Crippen LogP contribution in [0, 0.1) is 6.92 Å². The molecule has 1 heteroatoms. The highest BCUT2D eigenvalue weighted by Gasteiger charge is 1.94. The second-order valence-corrected chi connectivity index (χ2v) is 3.03. The highest BCUT2D eigenvalue weighted by Crippen LogP contribution is 2.09. The zero-order valence-corrected chi connectivity index (χ0v) is 7.67. The monoisotopic (exact) mass is 161 g/mol. The first-order valence-electron chi connectivity index (χ1n) is 4.18. The van der Waals surface area contributed by atoms with Crippen molar-refractivity contribution in [3.8, 4) is 0 Å². The number of aryl methyl sites for hydroxylation is 1. The van der Waals surface area contributed by atoms with Gasteiger partial charge in [0.05, 0.1) is 0 Å². The van der Waals surface area contributed by atoms with Gasteiger partial charge < -0.3 is 5.32 Å². The molecule has 1 unspecified atom stereocenters. The van der Waals surface area contributed by atoms with E-state index >= 15 is 0 Å². The van der Waals surface area contributed by atoms with Crippen molar-refractivity contribution in [3.63, 3.8) is 0 Å². The van der Waals surface area contributed by atoms with Crippen molar-refractivity contribution in [2.75, 3.05) is 5.32 Å². The molecule has 1 atom stereocenters. The first kappa shape index (κ1) is 8.85. The molecule has 0 saturated carbocycles. The van der Waals surface area contributed by atoms with E-state index in [-0.39, 0.29) is 0 Å². The Bertz CT molecular complexity index is 248. The van der Waals surface area contributed by atoms with E-state index in [1.54, 1.807) is 0 Å². The van der Waals surface area contributed by atoms with Gasteiger partial charge in [-0.05, 0) is 26.0 Å². The van der Waals surface area contributed by atoms with Crippen molar-refractivity contribution in [1.29, 1.82) is 0 Å². The summed E-state index contributed by atoms with van der Waals surface area (Å²) < 4.78 is 0. The SMILES string of the molecule is C=CC(C)Nc1ccc(C)cc1. The normalized spacial score (nSPS) is 12.2. The first-order valence-corrected chi connectivity index (χ1v) is 4.18. The Morgan fingerprint density at radius 2 is 1.92 bits per heavy atom. The summed E-state index contributed by atoms with van der Waals surface area (Å²) >= 11 is 0. The summed E-state index contributed by atoms with van der Waals surface area (Å²) in [6.07, 6.45) is 1.89. The van der Waals surface area contributed by atoms with Gasteiger partial charge in [0, 0.05) is 11.7 Å². The van der Waals surface area contributed by atoms with Crippen LogP contribution in [0.3, 0.4) is 0 Å². The maximum atomic E-state index is 3.71. The molecule has 1 N–H and O–H groups in total. The fourth-order valence-corrected chi connectivity index (χ4v) is 0.972. The molecular weight excluding hydrogens is 146 g/mol. The van der Waals surface area contributed by atoms with Gasteiger partial charge in [0.15, 0.2) is 0 Å². The van der Waals surface area contributed by atoms with Gasteiger partial charge in [-0.1, -0.05) is 23.8 Å². The lowest BCUT2D eigenvalue weighted by atomic mass is 10.2. The van der Waals surface area contributed by atoms with Gasteiger partial charge in [-0.25, -0.2) is 0 Å². The van der Waals surface area contributed by atoms with Gasteiger partial charge in [0.2, 0.25) is 0 Å². The highest BCUT2D eigenvalue weighted by atomic mass is 14.9. The number of anilines is 1. The van der Waals surface area contributed by atoms with E-state index in [0.717, 1.165) is 5.69 Å². The number of benzene rings is 1. The van der Waals surface area contributed by atoms with Crippen molar-refractivity contribution < 1.29 is 0 Å². The molecule has 0 bridgehead atoms. The average Bonchev–Trinajstić information content (AvgIpc) is 2.09. The Hall–Kier alpha value is -1.24. The molecule has 1 aromatic rings. The zero-order chi connectivity index (χ0) is 8.97. The predicted octanol–water partition coefficient (Wildman–Crippen LogP) is 2.98. The van der Waals surface area contributed by atoms with Crippen LogP contribution in [0.25, 0.3) is 0 Å². The van der Waals surface area contributed by atoms with E-state index in [2.05, 4.69) is 50.0 Å². The summed E-state index contributed by atoms with van der Waals surface area (Å²) in [5.74, 6) is 0. The van der Waals surface area contributed by atoms with Crippen LogP contribution in [0.2, 0.25) is 0 Å². The van der Waals surface area contributed by atoms with Crippen LogP contribution in [0.1, 0.15) is 12.5 Å². The van der Waals surface area contributed by atoms with Crippen molar-refractivity contribution in [2.24, 2.45) is 0 Å². The van der Waals surface area contributed by atoms with Crippen LogP contribution in [-0.2, 0) is 0 Å². The van der Waals surface area contributed by atoms with E-state index < -0.39 is 0 Å². The van der Waals surface area contributed by atoms with Crippen molar-refractivity contribution >= 4 is 5.69 Å². The number of nitrogens with one attached hydrogen (secondary N) is 1. The fraction of sp³-hybridized carbons (Fsp3) is 0.273. The van der Waals surface area contributed by atoms with Crippen LogP contribution >= 0.6 is 0 Å². The second-order valence-electron chi connectivity index (χ2n) is 3.03. The second kappa shape index (κ2) is 3.96. The molecule has 1 nitrogen and oxygen atoms in total. The Morgan fingerprint density at radius 1 is 1.33 bits per heavy atom. The molecule has 0 aliphatic heterocycles. The molecule has 0 heterocycles. The molecule has 0 spiro atoms. The molecule has 64 valence electrons. The molecule has 0 aromatic heterocycles. The predicted molar refractivity (Wildman–Crippen MR) is 54.5 cm³/mol.